The standard InChI is InChI=1S/C21H23NO5S/c1-4-19(24)21(28-3,18-13-9-6-10-14-18)22(27-16(2)23)20(25)26-15-17-11-7-5-8-12-17/h5-14H,4,15H2,1-3H3/t21-/m0/s1. The Hall–Kier alpha value is -2.80. The highest BCUT2D eigenvalue weighted by molar-refractivity contribution is 8.00. The van der Waals surface area contributed by atoms with Gasteiger partial charge in [0, 0.05) is 13.3 Å². The van der Waals surface area contributed by atoms with Gasteiger partial charge >= 0.3 is 12.1 Å². The predicted molar refractivity (Wildman–Crippen MR) is 107 cm³/mol. The molecule has 148 valence electrons. The molecule has 2 rings (SSSR count). The van der Waals surface area contributed by atoms with E-state index < -0.39 is 16.9 Å². The number of benzene rings is 2. The molecule has 0 N–H and O–H groups in total. The van der Waals surface area contributed by atoms with Gasteiger partial charge in [-0.2, -0.15) is 0 Å². The van der Waals surface area contributed by atoms with Gasteiger partial charge in [-0.05, 0) is 17.4 Å². The van der Waals surface area contributed by atoms with Crippen LogP contribution >= 0.6 is 11.8 Å². The van der Waals surface area contributed by atoms with E-state index in [-0.39, 0.29) is 18.8 Å². The second-order valence-electron chi connectivity index (χ2n) is 5.91. The minimum atomic E-state index is -1.55. The van der Waals surface area contributed by atoms with Crippen molar-refractivity contribution in [3.05, 3.63) is 71.8 Å². The lowest BCUT2D eigenvalue weighted by atomic mass is 10.00. The molecule has 0 bridgehead atoms. The van der Waals surface area contributed by atoms with E-state index in [1.807, 2.05) is 18.2 Å². The highest BCUT2D eigenvalue weighted by Gasteiger charge is 2.50. The van der Waals surface area contributed by atoms with E-state index in [0.717, 1.165) is 22.4 Å². The van der Waals surface area contributed by atoms with E-state index in [4.69, 9.17) is 9.57 Å². The summed E-state index contributed by atoms with van der Waals surface area (Å²) in [6.45, 7) is 2.85. The summed E-state index contributed by atoms with van der Waals surface area (Å²) in [4.78, 5) is 41.3. The number of nitrogens with zero attached hydrogens (tertiary/aromatic N) is 1. The Bertz CT molecular complexity index is 812. The number of amides is 1. The molecular weight excluding hydrogens is 378 g/mol. The summed E-state index contributed by atoms with van der Waals surface area (Å²) in [7, 11) is 0. The molecule has 0 aliphatic rings. The number of hydroxylamine groups is 2. The molecule has 1 atom stereocenters. The quantitative estimate of drug-likeness (QED) is 0.509. The SMILES string of the molecule is CCC(=O)[C@@](SC)(c1ccccc1)N(OC(C)=O)C(=O)OCc1ccccc1. The fourth-order valence-electron chi connectivity index (χ4n) is 2.75. The highest BCUT2D eigenvalue weighted by atomic mass is 32.2. The highest BCUT2D eigenvalue weighted by Crippen LogP contribution is 2.41. The smallest absolute Gasteiger partial charge is 0.442 e. The van der Waals surface area contributed by atoms with Gasteiger partial charge < -0.3 is 9.57 Å². The van der Waals surface area contributed by atoms with Gasteiger partial charge in [0.1, 0.15) is 6.61 Å². The number of carbonyl (C=O) groups is 3. The number of hydrogen-bond donors (Lipinski definition) is 0. The fraction of sp³-hybridized carbons (Fsp3) is 0.286. The van der Waals surface area contributed by atoms with Crippen LogP contribution < -0.4 is 0 Å². The number of ketones is 1. The van der Waals surface area contributed by atoms with Gasteiger partial charge in [-0.25, -0.2) is 4.79 Å². The van der Waals surface area contributed by atoms with Crippen molar-refractivity contribution in [2.24, 2.45) is 0 Å². The third kappa shape index (κ3) is 4.72. The average molecular weight is 401 g/mol. The molecule has 0 fully saturated rings. The number of Topliss-reactive ketones (excluding diaryl/α,β-unsaturated/α-hetero) is 1. The Morgan fingerprint density at radius 1 is 1.00 bits per heavy atom. The largest absolute Gasteiger partial charge is 0.445 e. The minimum Gasteiger partial charge on any atom is -0.442 e. The number of carbonyl (C=O) groups excluding carboxylic acids is 3. The Kier molecular flexibility index (Phi) is 7.63. The molecule has 28 heavy (non-hydrogen) atoms. The number of rotatable bonds is 7. The molecule has 0 spiro atoms. The van der Waals surface area contributed by atoms with Crippen LogP contribution in [0.5, 0.6) is 0 Å². The van der Waals surface area contributed by atoms with Crippen molar-refractivity contribution in [1.82, 2.24) is 5.06 Å². The Labute approximate surface area is 168 Å². The van der Waals surface area contributed by atoms with Crippen molar-refractivity contribution < 1.29 is 24.0 Å². The van der Waals surface area contributed by atoms with E-state index in [2.05, 4.69) is 0 Å². The summed E-state index contributed by atoms with van der Waals surface area (Å²) >= 11 is 1.10. The van der Waals surface area contributed by atoms with Crippen LogP contribution in [0.4, 0.5) is 4.79 Å². The van der Waals surface area contributed by atoms with Crippen LogP contribution in [0.3, 0.4) is 0 Å². The lowest BCUT2D eigenvalue weighted by Crippen LogP contribution is -2.53. The Balaban J connectivity index is 2.44. The maximum Gasteiger partial charge on any atom is 0.445 e. The molecule has 0 heterocycles. The van der Waals surface area contributed by atoms with Gasteiger partial charge in [0.05, 0.1) is 0 Å². The van der Waals surface area contributed by atoms with Crippen molar-refractivity contribution >= 4 is 29.6 Å². The summed E-state index contributed by atoms with van der Waals surface area (Å²) in [5, 5.41) is 0.754. The van der Waals surface area contributed by atoms with E-state index in [1.54, 1.807) is 55.6 Å². The average Bonchev–Trinajstić information content (AvgIpc) is 2.73. The first kappa shape index (κ1) is 21.5. The van der Waals surface area contributed by atoms with E-state index >= 15 is 0 Å². The first-order valence-electron chi connectivity index (χ1n) is 8.79. The van der Waals surface area contributed by atoms with Crippen LogP contribution in [0, 0.1) is 0 Å². The number of hydrogen-bond acceptors (Lipinski definition) is 6. The van der Waals surface area contributed by atoms with Crippen LogP contribution in [0.25, 0.3) is 0 Å². The second-order valence-corrected chi connectivity index (χ2v) is 6.91. The van der Waals surface area contributed by atoms with Crippen LogP contribution in [0.15, 0.2) is 60.7 Å². The monoisotopic (exact) mass is 401 g/mol. The zero-order valence-corrected chi connectivity index (χ0v) is 16.9. The molecule has 0 saturated carbocycles. The molecule has 2 aromatic carbocycles. The summed E-state index contributed by atoms with van der Waals surface area (Å²) in [6.07, 6.45) is 0.903. The zero-order chi connectivity index (χ0) is 20.6. The molecule has 7 heteroatoms. The second kappa shape index (κ2) is 9.94. The van der Waals surface area contributed by atoms with Gasteiger partial charge in [-0.3, -0.25) is 9.59 Å². The topological polar surface area (TPSA) is 72.9 Å². The summed E-state index contributed by atoms with van der Waals surface area (Å²) < 4.78 is 5.36. The molecule has 0 radical (unpaired) electrons. The lowest BCUT2D eigenvalue weighted by Gasteiger charge is -2.38. The normalized spacial score (nSPS) is 12.5. The molecule has 0 aromatic heterocycles. The van der Waals surface area contributed by atoms with Crippen LogP contribution in [-0.2, 0) is 30.6 Å². The van der Waals surface area contributed by atoms with Gasteiger partial charge in [-0.15, -0.1) is 16.8 Å². The predicted octanol–water partition coefficient (Wildman–Crippen LogP) is 4.30. The van der Waals surface area contributed by atoms with Crippen LogP contribution in [0.1, 0.15) is 31.4 Å². The van der Waals surface area contributed by atoms with Crippen molar-refractivity contribution in [3.8, 4) is 0 Å². The van der Waals surface area contributed by atoms with Gasteiger partial charge in [0.2, 0.25) is 4.87 Å². The van der Waals surface area contributed by atoms with Gasteiger partial charge in [0.15, 0.2) is 5.78 Å². The van der Waals surface area contributed by atoms with E-state index in [9.17, 15) is 14.4 Å². The third-order valence-electron chi connectivity index (χ3n) is 4.04. The van der Waals surface area contributed by atoms with Gasteiger partial charge in [-0.1, -0.05) is 67.6 Å². The summed E-state index contributed by atoms with van der Waals surface area (Å²) in [5.41, 5.74) is 1.29. The zero-order valence-electron chi connectivity index (χ0n) is 16.1. The number of thioether (sulfide) groups is 1. The lowest BCUT2D eigenvalue weighted by molar-refractivity contribution is -0.195. The fourth-order valence-corrected chi connectivity index (χ4v) is 3.77. The van der Waals surface area contributed by atoms with Crippen molar-refractivity contribution in [2.45, 2.75) is 31.7 Å². The molecule has 0 aliphatic carbocycles. The Morgan fingerprint density at radius 3 is 2.07 bits per heavy atom. The minimum absolute atomic E-state index is 0.0169. The molecule has 0 aliphatic heterocycles. The molecule has 6 nitrogen and oxygen atoms in total. The molecule has 0 unspecified atom stereocenters. The maximum atomic E-state index is 13.0. The first-order valence-corrected chi connectivity index (χ1v) is 10.0. The van der Waals surface area contributed by atoms with Crippen LogP contribution in [0.2, 0.25) is 0 Å². The van der Waals surface area contributed by atoms with Crippen molar-refractivity contribution in [2.75, 3.05) is 6.26 Å². The van der Waals surface area contributed by atoms with E-state index in [0.29, 0.717) is 5.56 Å². The molecule has 0 saturated heterocycles. The first-order chi connectivity index (χ1) is 13.5. The maximum absolute atomic E-state index is 13.0. The molecule has 1 amide bonds. The summed E-state index contributed by atoms with van der Waals surface area (Å²) in [6, 6.07) is 17.8. The Morgan fingerprint density at radius 2 is 1.57 bits per heavy atom. The van der Waals surface area contributed by atoms with Crippen molar-refractivity contribution in [1.29, 1.82) is 0 Å². The number of ether oxygens (including phenoxy) is 1. The molecule has 2 aromatic rings. The van der Waals surface area contributed by atoms with Crippen molar-refractivity contribution in [3.63, 3.8) is 0 Å². The third-order valence-corrected chi connectivity index (χ3v) is 5.26. The van der Waals surface area contributed by atoms with E-state index in [1.165, 1.54) is 6.92 Å². The summed E-state index contributed by atoms with van der Waals surface area (Å²) in [5.74, 6) is -1.01. The molecular formula is C21H23NO5S. The van der Waals surface area contributed by atoms with Gasteiger partial charge in [0.25, 0.3) is 0 Å². The van der Waals surface area contributed by atoms with Crippen LogP contribution in [-0.4, -0.2) is 29.2 Å².